The van der Waals surface area contributed by atoms with Crippen molar-refractivity contribution >= 4 is 63.0 Å². The molecule has 2 aromatic rings. The molecule has 0 atom stereocenters. The van der Waals surface area contributed by atoms with E-state index in [0.717, 1.165) is 9.75 Å². The molecule has 23 heavy (non-hydrogen) atoms. The topological polar surface area (TPSA) is 63.4 Å². The van der Waals surface area contributed by atoms with Gasteiger partial charge in [0.1, 0.15) is 0 Å². The number of anilines is 1. The van der Waals surface area contributed by atoms with Crippen molar-refractivity contribution in [2.75, 3.05) is 4.90 Å². The highest BCUT2D eigenvalue weighted by atomic mass is 32.2. The third kappa shape index (κ3) is 3.19. The Morgan fingerprint density at radius 3 is 2.74 bits per heavy atom. The molecule has 0 bridgehead atoms. The maximum Gasteiger partial charge on any atom is 0.271 e. The summed E-state index contributed by atoms with van der Waals surface area (Å²) in [6, 6.07) is 9.83. The first-order valence-electron chi connectivity index (χ1n) is 6.54. The number of nitro groups is 1. The second kappa shape index (κ2) is 6.23. The van der Waals surface area contributed by atoms with Gasteiger partial charge < -0.3 is 0 Å². The summed E-state index contributed by atoms with van der Waals surface area (Å²) in [7, 11) is 0. The van der Waals surface area contributed by atoms with Crippen molar-refractivity contribution in [3.8, 4) is 0 Å². The number of rotatable bonds is 3. The molecule has 1 aromatic heterocycles. The van der Waals surface area contributed by atoms with Gasteiger partial charge in [-0.15, -0.1) is 11.3 Å². The summed E-state index contributed by atoms with van der Waals surface area (Å²) < 4.78 is 0.370. The van der Waals surface area contributed by atoms with Crippen LogP contribution in [0, 0.1) is 17.0 Å². The number of thiophene rings is 1. The lowest BCUT2D eigenvalue weighted by molar-refractivity contribution is -0.384. The van der Waals surface area contributed by atoms with E-state index in [4.69, 9.17) is 12.2 Å². The summed E-state index contributed by atoms with van der Waals surface area (Å²) in [5, 5.41) is 10.9. The zero-order valence-electron chi connectivity index (χ0n) is 11.9. The van der Waals surface area contributed by atoms with Gasteiger partial charge in [0, 0.05) is 21.9 Å². The normalized spacial score (nSPS) is 16.4. The van der Waals surface area contributed by atoms with Crippen LogP contribution in [0.15, 0.2) is 41.3 Å². The first kappa shape index (κ1) is 15.9. The average molecular weight is 362 g/mol. The zero-order valence-corrected chi connectivity index (χ0v) is 14.3. The molecule has 5 nitrogen and oxygen atoms in total. The first-order chi connectivity index (χ1) is 11.0. The Morgan fingerprint density at radius 2 is 2.09 bits per heavy atom. The molecule has 1 fully saturated rings. The van der Waals surface area contributed by atoms with Gasteiger partial charge in [0.2, 0.25) is 0 Å². The van der Waals surface area contributed by atoms with Crippen molar-refractivity contribution in [1.29, 1.82) is 0 Å². The number of amides is 1. The van der Waals surface area contributed by atoms with E-state index in [-0.39, 0.29) is 11.6 Å². The molecule has 0 unspecified atom stereocenters. The van der Waals surface area contributed by atoms with Crippen LogP contribution < -0.4 is 4.90 Å². The van der Waals surface area contributed by atoms with Crippen LogP contribution in [0.5, 0.6) is 0 Å². The summed E-state index contributed by atoms with van der Waals surface area (Å²) >= 11 is 8.06. The van der Waals surface area contributed by atoms with Crippen molar-refractivity contribution in [3.05, 3.63) is 61.2 Å². The number of carbonyl (C=O) groups excluding carboxylic acids is 1. The second-order valence-corrected chi connectivity index (χ2v) is 7.74. The zero-order chi connectivity index (χ0) is 16.6. The predicted octanol–water partition coefficient (Wildman–Crippen LogP) is 4.37. The van der Waals surface area contributed by atoms with Crippen LogP contribution in [0.4, 0.5) is 11.4 Å². The molecule has 0 N–H and O–H groups in total. The van der Waals surface area contributed by atoms with Crippen LogP contribution in [0.25, 0.3) is 6.08 Å². The van der Waals surface area contributed by atoms with Crippen molar-refractivity contribution in [2.45, 2.75) is 6.92 Å². The number of nitro benzene ring substituents is 1. The molecule has 0 spiro atoms. The minimum absolute atomic E-state index is 0.0746. The second-order valence-electron chi connectivity index (χ2n) is 4.74. The molecule has 116 valence electrons. The molecule has 0 saturated carbocycles. The van der Waals surface area contributed by atoms with Crippen LogP contribution in [-0.2, 0) is 4.79 Å². The van der Waals surface area contributed by atoms with Crippen molar-refractivity contribution in [1.82, 2.24) is 0 Å². The van der Waals surface area contributed by atoms with Crippen molar-refractivity contribution < 1.29 is 9.72 Å². The number of carbonyl (C=O) groups is 1. The van der Waals surface area contributed by atoms with E-state index in [2.05, 4.69) is 0 Å². The predicted molar refractivity (Wildman–Crippen MR) is 97.8 cm³/mol. The Hall–Kier alpha value is -2.03. The number of aryl methyl sites for hydroxylation is 1. The van der Waals surface area contributed by atoms with E-state index in [1.807, 2.05) is 19.1 Å². The van der Waals surface area contributed by atoms with Crippen LogP contribution in [0.1, 0.15) is 9.75 Å². The lowest BCUT2D eigenvalue weighted by atomic mass is 10.2. The highest BCUT2D eigenvalue weighted by molar-refractivity contribution is 8.27. The minimum Gasteiger partial charge on any atom is -0.268 e. The van der Waals surface area contributed by atoms with Gasteiger partial charge in [-0.2, -0.15) is 0 Å². The molecule has 1 aromatic carbocycles. The van der Waals surface area contributed by atoms with E-state index in [1.165, 1.54) is 28.8 Å². The Labute approximate surface area is 145 Å². The summed E-state index contributed by atoms with van der Waals surface area (Å²) in [6.45, 7) is 2.00. The van der Waals surface area contributed by atoms with Crippen LogP contribution in [0.3, 0.4) is 0 Å². The molecular formula is C15H10N2O3S3. The fourth-order valence-corrected chi connectivity index (χ4v) is 4.28. The molecule has 8 heteroatoms. The molecule has 1 amide bonds. The SMILES string of the molecule is Cc1ccc(C=C2SC(=S)N(c3cccc([N+](=O)[O-])c3)C2=O)s1. The number of benzene rings is 1. The fraction of sp³-hybridized carbons (Fsp3) is 0.0667. The summed E-state index contributed by atoms with van der Waals surface area (Å²) in [4.78, 5) is 27.0. The lowest BCUT2D eigenvalue weighted by Crippen LogP contribution is -2.27. The first-order valence-corrected chi connectivity index (χ1v) is 8.58. The smallest absolute Gasteiger partial charge is 0.268 e. The molecule has 1 saturated heterocycles. The van der Waals surface area contributed by atoms with Gasteiger partial charge in [-0.3, -0.25) is 19.8 Å². The van der Waals surface area contributed by atoms with Gasteiger partial charge in [-0.1, -0.05) is 30.0 Å². The average Bonchev–Trinajstić information content (AvgIpc) is 3.03. The Balaban J connectivity index is 1.94. The fourth-order valence-electron chi connectivity index (χ4n) is 2.10. The Morgan fingerprint density at radius 1 is 1.30 bits per heavy atom. The van der Waals surface area contributed by atoms with Gasteiger partial charge in [-0.05, 0) is 31.2 Å². The summed E-state index contributed by atoms with van der Waals surface area (Å²) in [6.07, 6.45) is 1.80. The van der Waals surface area contributed by atoms with Gasteiger partial charge in [-0.25, -0.2) is 0 Å². The molecule has 1 aliphatic rings. The number of nitrogens with zero attached hydrogens (tertiary/aromatic N) is 2. The molecule has 0 aliphatic carbocycles. The maximum absolute atomic E-state index is 12.6. The Kier molecular flexibility index (Phi) is 4.29. The van der Waals surface area contributed by atoms with Crippen molar-refractivity contribution in [3.63, 3.8) is 0 Å². The van der Waals surface area contributed by atoms with Crippen LogP contribution >= 0.6 is 35.3 Å². The maximum atomic E-state index is 12.6. The van der Waals surface area contributed by atoms with E-state index in [9.17, 15) is 14.9 Å². The summed E-state index contributed by atoms with van der Waals surface area (Å²) in [5.74, 6) is -0.258. The highest BCUT2D eigenvalue weighted by Gasteiger charge is 2.34. The monoisotopic (exact) mass is 362 g/mol. The van der Waals surface area contributed by atoms with Gasteiger partial charge >= 0.3 is 0 Å². The molecule has 2 heterocycles. The summed E-state index contributed by atoms with van der Waals surface area (Å²) in [5.41, 5.74) is 0.335. The number of hydrogen-bond donors (Lipinski definition) is 0. The largest absolute Gasteiger partial charge is 0.271 e. The lowest BCUT2D eigenvalue weighted by Gasteiger charge is -2.13. The highest BCUT2D eigenvalue weighted by Crippen LogP contribution is 2.37. The van der Waals surface area contributed by atoms with Gasteiger partial charge in [0.25, 0.3) is 11.6 Å². The third-order valence-corrected chi connectivity index (χ3v) is 5.38. The van der Waals surface area contributed by atoms with E-state index < -0.39 is 4.92 Å². The minimum atomic E-state index is -0.495. The van der Waals surface area contributed by atoms with E-state index >= 15 is 0 Å². The quantitative estimate of drug-likeness (QED) is 0.351. The van der Waals surface area contributed by atoms with E-state index in [1.54, 1.807) is 29.5 Å². The van der Waals surface area contributed by atoms with Crippen LogP contribution in [0.2, 0.25) is 0 Å². The van der Waals surface area contributed by atoms with Crippen molar-refractivity contribution in [2.24, 2.45) is 0 Å². The number of thioether (sulfide) groups is 1. The number of non-ortho nitro benzene ring substituents is 1. The Bertz CT molecular complexity index is 857. The molecular weight excluding hydrogens is 352 g/mol. The van der Waals surface area contributed by atoms with Crippen LogP contribution in [-0.4, -0.2) is 15.2 Å². The standard InChI is InChI=1S/C15H10N2O3S3/c1-9-5-6-12(22-9)8-13-14(18)16(15(21)23-13)10-3-2-4-11(7-10)17(19)20/h2-8H,1H3. The molecule has 0 radical (unpaired) electrons. The van der Waals surface area contributed by atoms with Gasteiger partial charge in [0.15, 0.2) is 4.32 Å². The molecule has 1 aliphatic heterocycles. The third-order valence-electron chi connectivity index (χ3n) is 3.13. The number of hydrogen-bond acceptors (Lipinski definition) is 6. The van der Waals surface area contributed by atoms with Gasteiger partial charge in [0.05, 0.1) is 15.5 Å². The number of thiocarbonyl (C=S) groups is 1. The molecule has 3 rings (SSSR count). The van der Waals surface area contributed by atoms with E-state index in [0.29, 0.717) is 14.9 Å².